The van der Waals surface area contributed by atoms with Crippen LogP contribution in [0.2, 0.25) is 0 Å². The number of imidazole rings is 1. The van der Waals surface area contributed by atoms with Gasteiger partial charge in [0.2, 0.25) is 15.0 Å². The van der Waals surface area contributed by atoms with Crippen molar-refractivity contribution in [1.29, 1.82) is 0 Å². The molecule has 7 nitrogen and oxygen atoms in total. The van der Waals surface area contributed by atoms with Crippen molar-refractivity contribution in [3.05, 3.63) is 29.9 Å². The maximum absolute atomic E-state index is 12.7. The van der Waals surface area contributed by atoms with E-state index in [1.165, 1.54) is 0 Å². The molecule has 0 aliphatic rings. The molecule has 2 aromatic heterocycles. The van der Waals surface area contributed by atoms with E-state index in [9.17, 15) is 8.42 Å². The minimum absolute atomic E-state index is 0.0485. The molecule has 0 radical (unpaired) electrons. The summed E-state index contributed by atoms with van der Waals surface area (Å²) in [5.41, 5.74) is 1.73. The van der Waals surface area contributed by atoms with Crippen LogP contribution in [0.4, 0.5) is 0 Å². The average molecular weight is 383 g/mol. The van der Waals surface area contributed by atoms with E-state index in [1.807, 2.05) is 24.6 Å². The SMILES string of the molecule is CC(C)CCn1c(CN(C)[C@H](C)c2ccon2)cnc1S(=O)(=O)C(C)C. The molecular weight excluding hydrogens is 352 g/mol. The molecule has 0 saturated heterocycles. The highest BCUT2D eigenvalue weighted by Gasteiger charge is 2.27. The molecule has 2 heterocycles. The van der Waals surface area contributed by atoms with Gasteiger partial charge < -0.3 is 9.09 Å². The highest BCUT2D eigenvalue weighted by molar-refractivity contribution is 7.91. The Morgan fingerprint density at radius 2 is 1.92 bits per heavy atom. The van der Waals surface area contributed by atoms with E-state index in [-0.39, 0.29) is 11.2 Å². The molecular formula is C18H30N4O3S. The number of sulfone groups is 1. The Hall–Kier alpha value is -1.67. The number of hydrogen-bond acceptors (Lipinski definition) is 6. The van der Waals surface area contributed by atoms with Crippen molar-refractivity contribution in [3.63, 3.8) is 0 Å². The van der Waals surface area contributed by atoms with Crippen LogP contribution in [-0.2, 0) is 22.9 Å². The third kappa shape index (κ3) is 4.54. The third-order valence-corrected chi connectivity index (χ3v) is 6.74. The molecule has 0 amide bonds. The lowest BCUT2D eigenvalue weighted by Crippen LogP contribution is -2.25. The lowest BCUT2D eigenvalue weighted by molar-refractivity contribution is 0.233. The van der Waals surface area contributed by atoms with Crippen LogP contribution >= 0.6 is 0 Å². The van der Waals surface area contributed by atoms with Gasteiger partial charge in [0.1, 0.15) is 12.0 Å². The van der Waals surface area contributed by atoms with E-state index in [4.69, 9.17) is 4.52 Å². The Balaban J connectivity index is 2.31. The molecule has 0 unspecified atom stereocenters. The first-order valence-electron chi connectivity index (χ1n) is 9.03. The first-order chi connectivity index (χ1) is 12.1. The molecule has 0 bridgehead atoms. The fourth-order valence-electron chi connectivity index (χ4n) is 2.64. The van der Waals surface area contributed by atoms with Gasteiger partial charge in [0.15, 0.2) is 0 Å². The van der Waals surface area contributed by atoms with Crippen molar-refractivity contribution in [3.8, 4) is 0 Å². The van der Waals surface area contributed by atoms with Crippen LogP contribution in [0.5, 0.6) is 0 Å². The van der Waals surface area contributed by atoms with Crippen molar-refractivity contribution in [2.24, 2.45) is 5.92 Å². The van der Waals surface area contributed by atoms with E-state index in [0.717, 1.165) is 17.8 Å². The van der Waals surface area contributed by atoms with Gasteiger partial charge in [-0.2, -0.15) is 0 Å². The Kier molecular flexibility index (Phi) is 6.63. The monoisotopic (exact) mass is 382 g/mol. The molecule has 0 aromatic carbocycles. The van der Waals surface area contributed by atoms with Gasteiger partial charge in [-0.1, -0.05) is 19.0 Å². The van der Waals surface area contributed by atoms with Crippen molar-refractivity contribution in [1.82, 2.24) is 19.6 Å². The standard InChI is InChI=1S/C18H30N4O3S/c1-13(2)7-9-22-16(11-19-18(22)26(23,24)14(3)4)12-21(6)15(5)17-8-10-25-20-17/h8,10-11,13-15H,7,9,12H2,1-6H3/t15-/m1/s1. The fraction of sp³-hybridized carbons (Fsp3) is 0.667. The normalized spacial score (nSPS) is 13.9. The second kappa shape index (κ2) is 8.35. The summed E-state index contributed by atoms with van der Waals surface area (Å²) in [6.45, 7) is 10.9. The van der Waals surface area contributed by atoms with Crippen molar-refractivity contribution < 1.29 is 12.9 Å². The molecule has 146 valence electrons. The van der Waals surface area contributed by atoms with Crippen LogP contribution in [-0.4, -0.2) is 40.3 Å². The van der Waals surface area contributed by atoms with Gasteiger partial charge in [-0.15, -0.1) is 0 Å². The van der Waals surface area contributed by atoms with Gasteiger partial charge in [-0.05, 0) is 40.2 Å². The van der Waals surface area contributed by atoms with E-state index < -0.39 is 15.1 Å². The molecule has 0 saturated carbocycles. The largest absolute Gasteiger partial charge is 0.364 e. The van der Waals surface area contributed by atoms with E-state index >= 15 is 0 Å². The van der Waals surface area contributed by atoms with Crippen molar-refractivity contribution >= 4 is 9.84 Å². The van der Waals surface area contributed by atoms with Gasteiger partial charge in [0, 0.05) is 19.2 Å². The predicted octanol–water partition coefficient (Wildman–Crippen LogP) is 3.29. The number of hydrogen-bond donors (Lipinski definition) is 0. The molecule has 0 N–H and O–H groups in total. The van der Waals surface area contributed by atoms with Crippen molar-refractivity contribution in [2.45, 2.75) is 70.6 Å². The minimum atomic E-state index is -3.43. The lowest BCUT2D eigenvalue weighted by atomic mass is 10.1. The first-order valence-corrected chi connectivity index (χ1v) is 10.6. The van der Waals surface area contributed by atoms with Crippen LogP contribution < -0.4 is 0 Å². The zero-order chi connectivity index (χ0) is 19.5. The smallest absolute Gasteiger partial charge is 0.228 e. The molecule has 0 fully saturated rings. The highest BCUT2D eigenvalue weighted by atomic mass is 32.2. The van der Waals surface area contributed by atoms with Crippen LogP contribution in [0.3, 0.4) is 0 Å². The van der Waals surface area contributed by atoms with E-state index in [2.05, 4.69) is 28.9 Å². The van der Waals surface area contributed by atoms with Crippen molar-refractivity contribution in [2.75, 3.05) is 7.05 Å². The topological polar surface area (TPSA) is 81.2 Å². The average Bonchev–Trinajstić information content (AvgIpc) is 3.22. The van der Waals surface area contributed by atoms with Gasteiger partial charge in [-0.3, -0.25) is 4.90 Å². The molecule has 2 rings (SSSR count). The summed E-state index contributed by atoms with van der Waals surface area (Å²) in [6.07, 6.45) is 4.13. The summed E-state index contributed by atoms with van der Waals surface area (Å²) in [4.78, 5) is 6.38. The first kappa shape index (κ1) is 20.6. The minimum Gasteiger partial charge on any atom is -0.364 e. The third-order valence-electron chi connectivity index (χ3n) is 4.67. The fourth-order valence-corrected chi connectivity index (χ4v) is 3.78. The quantitative estimate of drug-likeness (QED) is 0.662. The van der Waals surface area contributed by atoms with Gasteiger partial charge in [0.05, 0.1) is 23.2 Å². The molecule has 8 heteroatoms. The van der Waals surface area contributed by atoms with Crippen LogP contribution in [0.25, 0.3) is 0 Å². The molecule has 0 aliphatic carbocycles. The molecule has 0 aliphatic heterocycles. The Morgan fingerprint density at radius 1 is 1.23 bits per heavy atom. The zero-order valence-electron chi connectivity index (χ0n) is 16.5. The Bertz CT molecular complexity index is 795. The number of rotatable bonds is 9. The predicted molar refractivity (Wildman–Crippen MR) is 100 cm³/mol. The number of aromatic nitrogens is 3. The van der Waals surface area contributed by atoms with Crippen LogP contribution in [0.15, 0.2) is 28.2 Å². The highest BCUT2D eigenvalue weighted by Crippen LogP contribution is 2.23. The summed E-state index contributed by atoms with van der Waals surface area (Å²) in [5.74, 6) is 0.478. The summed E-state index contributed by atoms with van der Waals surface area (Å²) < 4.78 is 32.2. The van der Waals surface area contributed by atoms with Gasteiger partial charge in [-0.25, -0.2) is 13.4 Å². The second-order valence-corrected chi connectivity index (χ2v) is 9.87. The molecule has 0 spiro atoms. The van der Waals surface area contributed by atoms with Crippen LogP contribution in [0, 0.1) is 5.92 Å². The summed E-state index contributed by atoms with van der Waals surface area (Å²) in [7, 11) is -1.45. The molecule has 26 heavy (non-hydrogen) atoms. The Morgan fingerprint density at radius 3 is 2.46 bits per heavy atom. The maximum atomic E-state index is 12.7. The lowest BCUT2D eigenvalue weighted by Gasteiger charge is -2.24. The second-order valence-electron chi connectivity index (χ2n) is 7.48. The molecule has 2 aromatic rings. The number of nitrogens with zero attached hydrogens (tertiary/aromatic N) is 4. The summed E-state index contributed by atoms with van der Waals surface area (Å²) in [5, 5.41) is 3.67. The van der Waals surface area contributed by atoms with Crippen LogP contribution in [0.1, 0.15) is 58.5 Å². The Labute approximate surface area is 156 Å². The van der Waals surface area contributed by atoms with Gasteiger partial charge in [0.25, 0.3) is 0 Å². The summed E-state index contributed by atoms with van der Waals surface area (Å²) >= 11 is 0. The zero-order valence-corrected chi connectivity index (χ0v) is 17.3. The van der Waals surface area contributed by atoms with Gasteiger partial charge >= 0.3 is 0 Å². The van der Waals surface area contributed by atoms with E-state index in [1.54, 1.807) is 26.3 Å². The maximum Gasteiger partial charge on any atom is 0.228 e. The summed E-state index contributed by atoms with van der Waals surface area (Å²) in [6, 6.07) is 1.89. The van der Waals surface area contributed by atoms with E-state index in [0.29, 0.717) is 19.0 Å². The molecule has 1 atom stereocenters.